The molecule has 0 aliphatic rings. The summed E-state index contributed by atoms with van der Waals surface area (Å²) in [6.45, 7) is 0.444. The Bertz CT molecular complexity index is 1000. The first-order chi connectivity index (χ1) is 12.2. The lowest BCUT2D eigenvalue weighted by Gasteiger charge is -2.16. The average Bonchev–Trinajstić information content (AvgIpc) is 3.31. The molecular formula is C20H17N3O2. The zero-order chi connectivity index (χ0) is 17.2. The lowest BCUT2D eigenvalue weighted by molar-refractivity contribution is 0.0775. The molecule has 4 rings (SSSR count). The number of aromatic nitrogens is 2. The van der Waals surface area contributed by atoms with Gasteiger partial charge >= 0.3 is 0 Å². The maximum Gasteiger partial charge on any atom is 0.254 e. The summed E-state index contributed by atoms with van der Waals surface area (Å²) in [5.41, 5.74) is 3.60. The van der Waals surface area contributed by atoms with Crippen molar-refractivity contribution < 1.29 is 9.21 Å². The van der Waals surface area contributed by atoms with Gasteiger partial charge < -0.3 is 9.32 Å². The Morgan fingerprint density at radius 1 is 1.08 bits per heavy atom. The van der Waals surface area contributed by atoms with E-state index >= 15 is 0 Å². The van der Waals surface area contributed by atoms with Crippen molar-refractivity contribution in [2.45, 2.75) is 6.54 Å². The Kier molecular flexibility index (Phi) is 3.82. The van der Waals surface area contributed by atoms with E-state index in [4.69, 9.17) is 4.42 Å². The third-order valence-corrected chi connectivity index (χ3v) is 4.17. The van der Waals surface area contributed by atoms with Gasteiger partial charge in [-0.25, -0.2) is 4.98 Å². The zero-order valence-electron chi connectivity index (χ0n) is 13.8. The van der Waals surface area contributed by atoms with E-state index in [0.717, 1.165) is 22.5 Å². The van der Waals surface area contributed by atoms with Gasteiger partial charge in [0, 0.05) is 18.3 Å². The third kappa shape index (κ3) is 2.92. The van der Waals surface area contributed by atoms with Crippen LogP contribution in [0, 0.1) is 0 Å². The molecule has 124 valence electrons. The standard InChI is InChI=1S/C20H17N3O2/c1-22(13-17-5-4-12-25-17)20(24)15-8-10-16(11-9-15)23-14-21-18-6-2-3-7-19(18)23/h2-12,14H,13H2,1H3. The van der Waals surface area contributed by atoms with Crippen LogP contribution in [0.3, 0.4) is 0 Å². The van der Waals surface area contributed by atoms with Gasteiger partial charge in [0.15, 0.2) is 0 Å². The number of para-hydroxylation sites is 2. The van der Waals surface area contributed by atoms with Crippen LogP contribution in [0.15, 0.2) is 77.7 Å². The molecule has 0 N–H and O–H groups in total. The molecule has 0 atom stereocenters. The second-order valence-corrected chi connectivity index (χ2v) is 5.89. The summed E-state index contributed by atoms with van der Waals surface area (Å²) in [6, 6.07) is 19.2. The molecule has 4 aromatic rings. The molecule has 0 aliphatic heterocycles. The highest BCUT2D eigenvalue weighted by Crippen LogP contribution is 2.19. The number of furan rings is 1. The first-order valence-electron chi connectivity index (χ1n) is 8.03. The number of hydrogen-bond acceptors (Lipinski definition) is 3. The molecule has 0 radical (unpaired) electrons. The van der Waals surface area contributed by atoms with Gasteiger partial charge in [0.1, 0.15) is 12.1 Å². The van der Waals surface area contributed by atoms with E-state index in [0.29, 0.717) is 12.1 Å². The Hall–Kier alpha value is -3.34. The number of carbonyl (C=O) groups is 1. The number of nitrogens with zero attached hydrogens (tertiary/aromatic N) is 3. The summed E-state index contributed by atoms with van der Waals surface area (Å²) in [7, 11) is 1.77. The second-order valence-electron chi connectivity index (χ2n) is 5.89. The van der Waals surface area contributed by atoms with E-state index in [9.17, 15) is 4.79 Å². The van der Waals surface area contributed by atoms with Crippen LogP contribution in [0.25, 0.3) is 16.7 Å². The smallest absolute Gasteiger partial charge is 0.254 e. The summed E-state index contributed by atoms with van der Waals surface area (Å²) in [6.07, 6.45) is 3.41. The molecule has 25 heavy (non-hydrogen) atoms. The van der Waals surface area contributed by atoms with Crippen molar-refractivity contribution in [1.82, 2.24) is 14.5 Å². The molecule has 5 nitrogen and oxygen atoms in total. The Labute approximate surface area is 145 Å². The highest BCUT2D eigenvalue weighted by atomic mass is 16.3. The highest BCUT2D eigenvalue weighted by molar-refractivity contribution is 5.94. The van der Waals surface area contributed by atoms with E-state index < -0.39 is 0 Å². The van der Waals surface area contributed by atoms with Crippen molar-refractivity contribution in [1.29, 1.82) is 0 Å². The quantitative estimate of drug-likeness (QED) is 0.570. The maximum absolute atomic E-state index is 12.5. The lowest BCUT2D eigenvalue weighted by Crippen LogP contribution is -2.25. The first kappa shape index (κ1) is 15.2. The van der Waals surface area contributed by atoms with E-state index in [1.807, 2.05) is 65.2 Å². The Morgan fingerprint density at radius 2 is 1.88 bits per heavy atom. The van der Waals surface area contributed by atoms with Crippen LogP contribution in [-0.2, 0) is 6.54 Å². The van der Waals surface area contributed by atoms with E-state index in [1.165, 1.54) is 0 Å². The highest BCUT2D eigenvalue weighted by Gasteiger charge is 2.13. The predicted octanol–water partition coefficient (Wildman–Crippen LogP) is 3.89. The second kappa shape index (κ2) is 6.28. The van der Waals surface area contributed by atoms with Crippen molar-refractivity contribution in [2.75, 3.05) is 7.05 Å². The van der Waals surface area contributed by atoms with Crippen LogP contribution < -0.4 is 0 Å². The van der Waals surface area contributed by atoms with Crippen LogP contribution in [0.2, 0.25) is 0 Å². The van der Waals surface area contributed by atoms with Crippen molar-refractivity contribution in [3.63, 3.8) is 0 Å². The van der Waals surface area contributed by atoms with Crippen LogP contribution >= 0.6 is 0 Å². The summed E-state index contributed by atoms with van der Waals surface area (Å²) < 4.78 is 7.31. The molecule has 0 bridgehead atoms. The minimum absolute atomic E-state index is 0.0431. The predicted molar refractivity (Wildman–Crippen MR) is 95.6 cm³/mol. The van der Waals surface area contributed by atoms with Crippen LogP contribution in [0.4, 0.5) is 0 Å². The van der Waals surface area contributed by atoms with Gasteiger partial charge in [0.2, 0.25) is 0 Å². The SMILES string of the molecule is CN(Cc1ccco1)C(=O)c1ccc(-n2cnc3ccccc32)cc1. The molecule has 2 aromatic carbocycles. The number of carbonyl (C=O) groups excluding carboxylic acids is 1. The summed E-state index contributed by atoms with van der Waals surface area (Å²) in [4.78, 5) is 18.6. The average molecular weight is 331 g/mol. The molecule has 0 saturated carbocycles. The van der Waals surface area contributed by atoms with Gasteiger partial charge in [0.05, 0.1) is 23.8 Å². The van der Waals surface area contributed by atoms with Crippen LogP contribution in [0.1, 0.15) is 16.1 Å². The van der Waals surface area contributed by atoms with Crippen molar-refractivity contribution >= 4 is 16.9 Å². The third-order valence-electron chi connectivity index (χ3n) is 4.17. The molecule has 0 aliphatic carbocycles. The molecule has 0 spiro atoms. The van der Waals surface area contributed by atoms with E-state index in [1.54, 1.807) is 24.5 Å². The van der Waals surface area contributed by atoms with Crippen molar-refractivity contribution in [2.24, 2.45) is 0 Å². The fourth-order valence-corrected chi connectivity index (χ4v) is 2.86. The van der Waals surface area contributed by atoms with Gasteiger partial charge in [-0.1, -0.05) is 12.1 Å². The number of rotatable bonds is 4. The molecule has 2 aromatic heterocycles. The fraction of sp³-hybridized carbons (Fsp3) is 0.100. The number of benzene rings is 2. The zero-order valence-corrected chi connectivity index (χ0v) is 13.8. The van der Waals surface area contributed by atoms with E-state index in [-0.39, 0.29) is 5.91 Å². The number of imidazole rings is 1. The molecule has 0 fully saturated rings. The minimum Gasteiger partial charge on any atom is -0.467 e. The Morgan fingerprint density at radius 3 is 2.64 bits per heavy atom. The minimum atomic E-state index is -0.0431. The maximum atomic E-state index is 12.5. The van der Waals surface area contributed by atoms with Gasteiger partial charge in [-0.2, -0.15) is 0 Å². The number of amides is 1. The molecular weight excluding hydrogens is 314 g/mol. The molecule has 5 heteroatoms. The van der Waals surface area contributed by atoms with Gasteiger partial charge in [-0.15, -0.1) is 0 Å². The van der Waals surface area contributed by atoms with Crippen LogP contribution in [-0.4, -0.2) is 27.4 Å². The molecule has 0 saturated heterocycles. The lowest BCUT2D eigenvalue weighted by atomic mass is 10.1. The summed E-state index contributed by atoms with van der Waals surface area (Å²) >= 11 is 0. The monoisotopic (exact) mass is 331 g/mol. The number of hydrogen-bond donors (Lipinski definition) is 0. The number of fused-ring (bicyclic) bond motifs is 1. The molecule has 0 unspecified atom stereocenters. The topological polar surface area (TPSA) is 51.3 Å². The van der Waals surface area contributed by atoms with Crippen molar-refractivity contribution in [3.05, 3.63) is 84.6 Å². The summed E-state index contributed by atoms with van der Waals surface area (Å²) in [5, 5.41) is 0. The van der Waals surface area contributed by atoms with Gasteiger partial charge in [-0.3, -0.25) is 9.36 Å². The van der Waals surface area contributed by atoms with Gasteiger partial charge in [0.25, 0.3) is 5.91 Å². The largest absolute Gasteiger partial charge is 0.467 e. The molecule has 2 heterocycles. The molecule has 1 amide bonds. The van der Waals surface area contributed by atoms with E-state index in [2.05, 4.69) is 4.98 Å². The van der Waals surface area contributed by atoms with Crippen molar-refractivity contribution in [3.8, 4) is 5.69 Å². The fourth-order valence-electron chi connectivity index (χ4n) is 2.86. The Balaban J connectivity index is 1.56. The normalized spacial score (nSPS) is 10.9. The van der Waals surface area contributed by atoms with Gasteiger partial charge in [-0.05, 0) is 48.5 Å². The summed E-state index contributed by atoms with van der Waals surface area (Å²) in [5.74, 6) is 0.718. The first-order valence-corrected chi connectivity index (χ1v) is 8.03. The van der Waals surface area contributed by atoms with Crippen LogP contribution in [0.5, 0.6) is 0 Å².